The van der Waals surface area contributed by atoms with E-state index in [0.29, 0.717) is 29.5 Å². The topological polar surface area (TPSA) is 75.4 Å². The predicted octanol–water partition coefficient (Wildman–Crippen LogP) is 2.74. The van der Waals surface area contributed by atoms with Crippen LogP contribution in [0.3, 0.4) is 0 Å². The molecule has 5 nitrogen and oxygen atoms in total. The number of aliphatic hydroxyl groups is 1. The first-order chi connectivity index (χ1) is 8.97. The monoisotopic (exact) mass is 286 g/mol. The van der Waals surface area contributed by atoms with Gasteiger partial charge in [-0.1, -0.05) is 31.5 Å². The maximum absolute atomic E-state index is 11.0. The van der Waals surface area contributed by atoms with Crippen LogP contribution in [-0.4, -0.2) is 22.7 Å². The van der Waals surface area contributed by atoms with Crippen LogP contribution < -0.4 is 5.32 Å². The Labute approximate surface area is 117 Å². The minimum atomic E-state index is -0.431. The molecule has 0 radical (unpaired) electrons. The second kappa shape index (κ2) is 7.43. The normalized spacial score (nSPS) is 12.7. The molecule has 0 aliphatic carbocycles. The van der Waals surface area contributed by atoms with Gasteiger partial charge in [-0.3, -0.25) is 10.1 Å². The quantitative estimate of drug-likeness (QED) is 0.597. The maximum atomic E-state index is 11.0. The number of nitrogens with zero attached hydrogens (tertiary/aromatic N) is 1. The Bertz CT molecular complexity index is 438. The number of aliphatic hydroxyl groups excluding tert-OH is 1. The molecule has 6 heteroatoms. The number of halogens is 1. The average Bonchev–Trinajstić information content (AvgIpc) is 2.34. The molecule has 1 rings (SSSR count). The lowest BCUT2D eigenvalue weighted by atomic mass is 10.0. The molecule has 0 heterocycles. The van der Waals surface area contributed by atoms with Gasteiger partial charge in [-0.2, -0.15) is 0 Å². The van der Waals surface area contributed by atoms with E-state index in [-0.39, 0.29) is 18.3 Å². The van der Waals surface area contributed by atoms with Crippen molar-refractivity contribution in [3.8, 4) is 0 Å². The smallest absolute Gasteiger partial charge is 0.275 e. The Balaban J connectivity index is 2.84. The highest BCUT2D eigenvalue weighted by molar-refractivity contribution is 6.31. The van der Waals surface area contributed by atoms with E-state index in [9.17, 15) is 10.1 Å². The Hall–Kier alpha value is -1.17. The van der Waals surface area contributed by atoms with Crippen LogP contribution in [0, 0.1) is 16.0 Å². The van der Waals surface area contributed by atoms with Gasteiger partial charge < -0.3 is 10.4 Å². The van der Waals surface area contributed by atoms with E-state index in [1.165, 1.54) is 6.07 Å². The van der Waals surface area contributed by atoms with Crippen LogP contribution in [0.15, 0.2) is 18.2 Å². The summed E-state index contributed by atoms with van der Waals surface area (Å²) < 4.78 is 0. The zero-order valence-corrected chi connectivity index (χ0v) is 11.9. The summed E-state index contributed by atoms with van der Waals surface area (Å²) in [6, 6.07) is 4.75. The lowest BCUT2D eigenvalue weighted by Gasteiger charge is -2.21. The molecular weight excluding hydrogens is 268 g/mol. The van der Waals surface area contributed by atoms with Gasteiger partial charge in [0.1, 0.15) is 0 Å². The highest BCUT2D eigenvalue weighted by atomic mass is 35.5. The summed E-state index contributed by atoms with van der Waals surface area (Å²) in [4.78, 5) is 10.5. The van der Waals surface area contributed by atoms with Crippen molar-refractivity contribution in [3.05, 3.63) is 38.9 Å². The van der Waals surface area contributed by atoms with Crippen LogP contribution >= 0.6 is 11.6 Å². The molecule has 0 amide bonds. The van der Waals surface area contributed by atoms with Gasteiger partial charge in [-0.25, -0.2) is 0 Å². The fraction of sp³-hybridized carbons (Fsp3) is 0.538. The maximum Gasteiger partial charge on any atom is 0.275 e. The molecule has 2 N–H and O–H groups in total. The van der Waals surface area contributed by atoms with Crippen LogP contribution in [-0.2, 0) is 6.54 Å². The fourth-order valence-electron chi connectivity index (χ4n) is 1.94. The predicted molar refractivity (Wildman–Crippen MR) is 75.3 cm³/mol. The van der Waals surface area contributed by atoms with E-state index in [4.69, 9.17) is 16.7 Å². The molecule has 0 aliphatic rings. The standard InChI is InChI=1S/C13H19ClN2O3/c1-9(2)12(6-7-17)15-8-10-11(14)4-3-5-13(10)16(18)19/h3-5,9,12,15,17H,6-8H2,1-2H3. The summed E-state index contributed by atoms with van der Waals surface area (Å²) in [7, 11) is 0. The SMILES string of the molecule is CC(C)C(CCO)NCc1c(Cl)cccc1[N+](=O)[O-]. The average molecular weight is 287 g/mol. The van der Waals surface area contributed by atoms with Gasteiger partial charge in [-0.05, 0) is 18.4 Å². The Kier molecular flexibility index (Phi) is 6.21. The molecule has 1 aromatic carbocycles. The molecule has 0 spiro atoms. The van der Waals surface area contributed by atoms with Gasteiger partial charge in [0.05, 0.1) is 15.5 Å². The highest BCUT2D eigenvalue weighted by Crippen LogP contribution is 2.26. The van der Waals surface area contributed by atoms with Crippen molar-refractivity contribution in [1.29, 1.82) is 0 Å². The first-order valence-electron chi connectivity index (χ1n) is 6.23. The van der Waals surface area contributed by atoms with Crippen molar-refractivity contribution in [2.24, 2.45) is 5.92 Å². The van der Waals surface area contributed by atoms with E-state index in [1.54, 1.807) is 12.1 Å². The molecule has 1 unspecified atom stereocenters. The van der Waals surface area contributed by atoms with Crippen LogP contribution in [0.5, 0.6) is 0 Å². The number of hydrogen-bond acceptors (Lipinski definition) is 4. The van der Waals surface area contributed by atoms with Crippen molar-refractivity contribution in [2.45, 2.75) is 32.9 Å². The molecule has 0 saturated heterocycles. The first kappa shape index (κ1) is 15.9. The van der Waals surface area contributed by atoms with Crippen LogP contribution in [0.4, 0.5) is 5.69 Å². The molecule has 1 aromatic rings. The van der Waals surface area contributed by atoms with Gasteiger partial charge >= 0.3 is 0 Å². The third kappa shape index (κ3) is 4.45. The van der Waals surface area contributed by atoms with E-state index in [0.717, 1.165) is 0 Å². The number of nitrogens with one attached hydrogen (secondary N) is 1. The molecule has 1 atom stereocenters. The molecule has 0 aromatic heterocycles. The lowest BCUT2D eigenvalue weighted by molar-refractivity contribution is -0.385. The number of nitro groups is 1. The fourth-order valence-corrected chi connectivity index (χ4v) is 2.17. The van der Waals surface area contributed by atoms with E-state index in [2.05, 4.69) is 5.32 Å². The third-order valence-corrected chi connectivity index (χ3v) is 3.43. The summed E-state index contributed by atoms with van der Waals surface area (Å²) in [6.07, 6.45) is 0.607. The Morgan fingerprint density at radius 2 is 2.16 bits per heavy atom. The third-order valence-electron chi connectivity index (χ3n) is 3.08. The van der Waals surface area contributed by atoms with Crippen LogP contribution in [0.2, 0.25) is 5.02 Å². The Morgan fingerprint density at radius 1 is 1.47 bits per heavy atom. The van der Waals surface area contributed by atoms with Gasteiger partial charge in [0.25, 0.3) is 5.69 Å². The summed E-state index contributed by atoms with van der Waals surface area (Å²) in [5.74, 6) is 0.327. The molecule has 0 aliphatic heterocycles. The molecule has 19 heavy (non-hydrogen) atoms. The van der Waals surface area contributed by atoms with E-state index >= 15 is 0 Å². The van der Waals surface area contributed by atoms with Crippen molar-refractivity contribution in [3.63, 3.8) is 0 Å². The van der Waals surface area contributed by atoms with E-state index in [1.807, 2.05) is 13.8 Å². The highest BCUT2D eigenvalue weighted by Gasteiger charge is 2.19. The number of hydrogen-bond donors (Lipinski definition) is 2. The zero-order chi connectivity index (χ0) is 14.4. The molecular formula is C13H19ClN2O3. The number of rotatable bonds is 7. The first-order valence-corrected chi connectivity index (χ1v) is 6.61. The van der Waals surface area contributed by atoms with Gasteiger partial charge in [0.2, 0.25) is 0 Å². The van der Waals surface area contributed by atoms with Crippen LogP contribution in [0.25, 0.3) is 0 Å². The number of nitro benzene ring substituents is 1. The number of benzene rings is 1. The van der Waals surface area contributed by atoms with Crippen molar-refractivity contribution < 1.29 is 10.0 Å². The van der Waals surface area contributed by atoms with Gasteiger partial charge in [0, 0.05) is 25.3 Å². The molecule has 0 bridgehead atoms. The van der Waals surface area contributed by atoms with E-state index < -0.39 is 4.92 Å². The van der Waals surface area contributed by atoms with Crippen molar-refractivity contribution >= 4 is 17.3 Å². The van der Waals surface area contributed by atoms with Crippen LogP contribution in [0.1, 0.15) is 25.8 Å². The largest absolute Gasteiger partial charge is 0.396 e. The molecule has 0 saturated carbocycles. The minimum Gasteiger partial charge on any atom is -0.396 e. The zero-order valence-electron chi connectivity index (χ0n) is 11.1. The summed E-state index contributed by atoms with van der Waals surface area (Å²) in [6.45, 7) is 4.47. The minimum absolute atomic E-state index is 0.0199. The lowest BCUT2D eigenvalue weighted by Crippen LogP contribution is -2.34. The second-order valence-electron chi connectivity index (χ2n) is 4.74. The summed E-state index contributed by atoms with van der Waals surface area (Å²) in [5, 5.41) is 23.6. The second-order valence-corrected chi connectivity index (χ2v) is 5.15. The summed E-state index contributed by atoms with van der Waals surface area (Å²) >= 11 is 6.02. The van der Waals surface area contributed by atoms with Crippen molar-refractivity contribution in [1.82, 2.24) is 5.32 Å². The van der Waals surface area contributed by atoms with Crippen molar-refractivity contribution in [2.75, 3.05) is 6.61 Å². The molecule has 0 fully saturated rings. The molecule has 106 valence electrons. The Morgan fingerprint density at radius 3 is 2.68 bits per heavy atom. The summed E-state index contributed by atoms with van der Waals surface area (Å²) in [5.41, 5.74) is 0.504. The van der Waals surface area contributed by atoms with Gasteiger partial charge in [0.15, 0.2) is 0 Å². The van der Waals surface area contributed by atoms with Gasteiger partial charge in [-0.15, -0.1) is 0 Å².